The van der Waals surface area contributed by atoms with Crippen LogP contribution in [0.2, 0.25) is 0 Å². The zero-order valence-corrected chi connectivity index (χ0v) is 23.1. The molecule has 216 valence electrons. The van der Waals surface area contributed by atoms with Crippen LogP contribution in [0.1, 0.15) is 6.92 Å². The molecule has 0 heterocycles. The number of hydrogen-bond donors (Lipinski definition) is 3. The summed E-state index contributed by atoms with van der Waals surface area (Å²) in [7, 11) is 0. The number of hydrogen-bond acceptors (Lipinski definition) is 11. The highest BCUT2D eigenvalue weighted by molar-refractivity contribution is 5.86. The fraction of sp³-hybridized carbons (Fsp3) is 0.300. The van der Waals surface area contributed by atoms with Gasteiger partial charge in [0.1, 0.15) is 6.61 Å². The zero-order valence-electron chi connectivity index (χ0n) is 23.1. The molecule has 11 nitrogen and oxygen atoms in total. The second-order valence-corrected chi connectivity index (χ2v) is 9.01. The molecule has 41 heavy (non-hydrogen) atoms. The van der Waals surface area contributed by atoms with Crippen molar-refractivity contribution >= 4 is 40.1 Å². The molecule has 11 heteroatoms. The van der Waals surface area contributed by atoms with Crippen molar-refractivity contribution < 1.29 is 24.9 Å². The van der Waals surface area contributed by atoms with Crippen LogP contribution >= 0.6 is 0 Å². The number of aliphatic hydroxyl groups is 3. The Bertz CT molecular complexity index is 1290. The smallest absolute Gasteiger partial charge is 0.333 e. The SMILES string of the molecule is C=C(C)C(=O)OCCN(CCO)c1ccc(/N=N/c2ccc(/N=N/c3ccc(N(CCO)CCO)cc3)cc2)cc1. The van der Waals surface area contributed by atoms with Gasteiger partial charge in [-0.05, 0) is 79.7 Å². The number of carbonyl (C=O) groups is 1. The number of carbonyl (C=O) groups excluding carboxylic acids is 1. The van der Waals surface area contributed by atoms with Crippen LogP contribution < -0.4 is 9.80 Å². The van der Waals surface area contributed by atoms with E-state index in [0.29, 0.717) is 54.5 Å². The molecule has 0 saturated heterocycles. The number of esters is 1. The van der Waals surface area contributed by atoms with Gasteiger partial charge < -0.3 is 29.9 Å². The first kappa shape index (κ1) is 31.1. The molecule has 0 aromatic heterocycles. The molecule has 0 aliphatic carbocycles. The average Bonchev–Trinajstić information content (AvgIpc) is 2.99. The second kappa shape index (κ2) is 16.6. The van der Waals surface area contributed by atoms with E-state index in [1.165, 1.54) is 0 Å². The molecule has 0 bridgehead atoms. The number of rotatable bonds is 16. The van der Waals surface area contributed by atoms with Crippen molar-refractivity contribution in [2.24, 2.45) is 20.5 Å². The third-order valence-corrected chi connectivity index (χ3v) is 5.89. The van der Waals surface area contributed by atoms with Crippen molar-refractivity contribution in [1.82, 2.24) is 0 Å². The number of azo groups is 2. The van der Waals surface area contributed by atoms with E-state index in [4.69, 9.17) is 4.74 Å². The molecule has 0 aliphatic rings. The lowest BCUT2D eigenvalue weighted by atomic mass is 10.2. The summed E-state index contributed by atoms with van der Waals surface area (Å²) in [6.07, 6.45) is 0. The summed E-state index contributed by atoms with van der Waals surface area (Å²) < 4.78 is 5.16. The number of benzene rings is 3. The van der Waals surface area contributed by atoms with E-state index in [2.05, 4.69) is 27.0 Å². The van der Waals surface area contributed by atoms with Gasteiger partial charge in [0.15, 0.2) is 0 Å². The minimum Gasteiger partial charge on any atom is -0.460 e. The van der Waals surface area contributed by atoms with Crippen molar-refractivity contribution in [1.29, 1.82) is 0 Å². The molecule has 0 fully saturated rings. The van der Waals surface area contributed by atoms with E-state index in [1.54, 1.807) is 31.2 Å². The summed E-state index contributed by atoms with van der Waals surface area (Å²) in [5.41, 5.74) is 4.76. The maximum Gasteiger partial charge on any atom is 0.333 e. The summed E-state index contributed by atoms with van der Waals surface area (Å²) in [6.45, 7) is 7.04. The Labute approximate surface area is 239 Å². The van der Waals surface area contributed by atoms with Gasteiger partial charge in [0.2, 0.25) is 0 Å². The van der Waals surface area contributed by atoms with Gasteiger partial charge in [-0.1, -0.05) is 6.58 Å². The first-order valence-corrected chi connectivity index (χ1v) is 13.2. The summed E-state index contributed by atoms with van der Waals surface area (Å²) in [6, 6.07) is 22.0. The predicted octanol–water partition coefficient (Wildman–Crippen LogP) is 5.23. The highest BCUT2D eigenvalue weighted by Crippen LogP contribution is 2.26. The van der Waals surface area contributed by atoms with Gasteiger partial charge in [-0.3, -0.25) is 0 Å². The number of nitrogens with zero attached hydrogens (tertiary/aromatic N) is 6. The van der Waals surface area contributed by atoms with E-state index < -0.39 is 5.97 Å². The average molecular weight is 561 g/mol. The molecule has 0 aliphatic heterocycles. The van der Waals surface area contributed by atoms with Crippen LogP contribution in [0.4, 0.5) is 34.1 Å². The van der Waals surface area contributed by atoms with Gasteiger partial charge >= 0.3 is 5.97 Å². The van der Waals surface area contributed by atoms with Crippen LogP contribution in [0.5, 0.6) is 0 Å². The molecule has 0 unspecified atom stereocenters. The number of ether oxygens (including phenoxy) is 1. The van der Waals surface area contributed by atoms with Crippen molar-refractivity contribution in [3.63, 3.8) is 0 Å². The Balaban J connectivity index is 1.55. The van der Waals surface area contributed by atoms with Crippen molar-refractivity contribution in [3.05, 3.63) is 84.9 Å². The predicted molar refractivity (Wildman–Crippen MR) is 159 cm³/mol. The molecule has 3 aromatic carbocycles. The van der Waals surface area contributed by atoms with Crippen molar-refractivity contribution in [2.45, 2.75) is 6.92 Å². The van der Waals surface area contributed by atoms with Crippen molar-refractivity contribution in [3.8, 4) is 0 Å². The van der Waals surface area contributed by atoms with Crippen LogP contribution in [0, 0.1) is 0 Å². The van der Waals surface area contributed by atoms with Gasteiger partial charge in [0, 0.05) is 36.6 Å². The highest BCUT2D eigenvalue weighted by atomic mass is 16.5. The van der Waals surface area contributed by atoms with Crippen LogP contribution in [-0.2, 0) is 9.53 Å². The Morgan fingerprint density at radius 3 is 1.27 bits per heavy atom. The molecule has 0 amide bonds. The zero-order chi connectivity index (χ0) is 29.5. The first-order valence-electron chi connectivity index (χ1n) is 13.2. The summed E-state index contributed by atoms with van der Waals surface area (Å²) in [5, 5.41) is 44.9. The molecule has 0 atom stereocenters. The van der Waals surface area contributed by atoms with Crippen LogP contribution in [0.3, 0.4) is 0 Å². The maximum absolute atomic E-state index is 11.6. The fourth-order valence-electron chi connectivity index (χ4n) is 3.75. The van der Waals surface area contributed by atoms with Gasteiger partial charge in [0.25, 0.3) is 0 Å². The number of anilines is 2. The molecule has 3 aromatic rings. The third kappa shape index (κ3) is 10.2. The maximum atomic E-state index is 11.6. The number of aliphatic hydroxyl groups excluding tert-OH is 3. The monoisotopic (exact) mass is 560 g/mol. The van der Waals surface area contributed by atoms with E-state index in [9.17, 15) is 20.1 Å². The van der Waals surface area contributed by atoms with Gasteiger partial charge in [0.05, 0.1) is 49.1 Å². The van der Waals surface area contributed by atoms with E-state index in [0.717, 1.165) is 11.4 Å². The first-order chi connectivity index (χ1) is 19.9. The molecular formula is C30H36N6O5. The summed E-state index contributed by atoms with van der Waals surface area (Å²) in [4.78, 5) is 15.4. The Morgan fingerprint density at radius 2 is 0.951 bits per heavy atom. The summed E-state index contributed by atoms with van der Waals surface area (Å²) in [5.74, 6) is -0.437. The van der Waals surface area contributed by atoms with Crippen LogP contribution in [0.15, 0.2) is 105 Å². The molecule has 0 spiro atoms. The topological polar surface area (TPSA) is 143 Å². The standard InChI is InChI=1S/C30H36N6O5/c1-23(2)30(40)41-22-18-36(17-21-39)29-13-9-27(10-14-29)34-32-25-5-3-24(4-6-25)31-33-26-7-11-28(12-8-26)35(15-19-37)16-20-38/h3-14,37-39H,1,15-22H2,2H3/b33-31+,34-32+. The van der Waals surface area contributed by atoms with E-state index in [-0.39, 0.29) is 26.4 Å². The molecule has 0 saturated carbocycles. The lowest BCUT2D eigenvalue weighted by Crippen LogP contribution is -2.31. The van der Waals surface area contributed by atoms with Gasteiger partial charge in [-0.2, -0.15) is 20.5 Å². The van der Waals surface area contributed by atoms with Gasteiger partial charge in [-0.25, -0.2) is 4.79 Å². The minimum atomic E-state index is -0.437. The second-order valence-electron chi connectivity index (χ2n) is 9.01. The van der Waals surface area contributed by atoms with E-state index >= 15 is 0 Å². The molecular weight excluding hydrogens is 524 g/mol. The largest absolute Gasteiger partial charge is 0.460 e. The molecule has 0 radical (unpaired) electrons. The quantitative estimate of drug-likeness (QED) is 0.124. The fourth-order valence-corrected chi connectivity index (χ4v) is 3.75. The molecule has 3 N–H and O–H groups in total. The lowest BCUT2D eigenvalue weighted by Gasteiger charge is -2.23. The van der Waals surface area contributed by atoms with Crippen LogP contribution in [-0.4, -0.2) is 73.9 Å². The Kier molecular flexibility index (Phi) is 12.6. The minimum absolute atomic E-state index is 0.00520. The van der Waals surface area contributed by atoms with Crippen molar-refractivity contribution in [2.75, 3.05) is 62.4 Å². The Morgan fingerprint density at radius 1 is 0.634 bits per heavy atom. The third-order valence-electron chi connectivity index (χ3n) is 5.89. The highest BCUT2D eigenvalue weighted by Gasteiger charge is 2.09. The van der Waals surface area contributed by atoms with E-state index in [1.807, 2.05) is 58.3 Å². The lowest BCUT2D eigenvalue weighted by molar-refractivity contribution is -0.138. The normalized spacial score (nSPS) is 11.2. The Hall–Kier alpha value is -4.45. The van der Waals surface area contributed by atoms with Crippen LogP contribution in [0.25, 0.3) is 0 Å². The van der Waals surface area contributed by atoms with Gasteiger partial charge in [-0.15, -0.1) is 0 Å². The molecule has 3 rings (SSSR count). The summed E-state index contributed by atoms with van der Waals surface area (Å²) >= 11 is 0.